The van der Waals surface area contributed by atoms with E-state index < -0.39 is 30.8 Å². The van der Waals surface area contributed by atoms with Crippen LogP contribution < -0.4 is 10.6 Å². The third-order valence-corrected chi connectivity index (χ3v) is 3.62. The second-order valence-corrected chi connectivity index (χ2v) is 5.18. The minimum atomic E-state index is -2.80. The number of likely N-dealkylation sites (tertiary alicyclic amines) is 1. The fourth-order valence-electron chi connectivity index (χ4n) is 2.53. The smallest absolute Gasteiger partial charge is 0.262 e. The van der Waals surface area contributed by atoms with Crippen LogP contribution in [0.3, 0.4) is 0 Å². The van der Waals surface area contributed by atoms with Gasteiger partial charge in [0, 0.05) is 32.0 Å². The molecule has 2 heterocycles. The maximum Gasteiger partial charge on any atom is 0.262 e. The molecule has 2 N–H and O–H groups in total. The summed E-state index contributed by atoms with van der Waals surface area (Å²) < 4.78 is 26.0. The van der Waals surface area contributed by atoms with Crippen molar-refractivity contribution in [3.63, 3.8) is 0 Å². The first-order chi connectivity index (χ1) is 8.91. The van der Waals surface area contributed by atoms with Gasteiger partial charge in [0.1, 0.15) is 0 Å². The molecule has 0 aliphatic carbocycles. The lowest BCUT2D eigenvalue weighted by Gasteiger charge is -2.18. The molecule has 0 aromatic rings. The van der Waals surface area contributed by atoms with Gasteiger partial charge in [0.15, 0.2) is 0 Å². The molecule has 108 valence electrons. The molecule has 2 saturated heterocycles. The van der Waals surface area contributed by atoms with Crippen LogP contribution in [0, 0.1) is 0 Å². The minimum Gasteiger partial charge on any atom is -0.350 e. The predicted octanol–water partition coefficient (Wildman–Crippen LogP) is 0.111. The van der Waals surface area contributed by atoms with Gasteiger partial charge in [0.2, 0.25) is 11.8 Å². The highest BCUT2D eigenvalue weighted by Gasteiger charge is 2.42. The zero-order valence-corrected chi connectivity index (χ0v) is 10.9. The molecule has 2 fully saturated rings. The van der Waals surface area contributed by atoms with Gasteiger partial charge in [-0.15, -0.1) is 0 Å². The number of hydrogen-bond acceptors (Lipinski definition) is 3. The lowest BCUT2D eigenvalue weighted by atomic mass is 10.1. The fraction of sp³-hybridized carbons (Fsp3) is 0.833. The van der Waals surface area contributed by atoms with E-state index >= 15 is 0 Å². The van der Waals surface area contributed by atoms with Gasteiger partial charge < -0.3 is 10.2 Å². The van der Waals surface area contributed by atoms with Crippen LogP contribution in [0.25, 0.3) is 0 Å². The van der Waals surface area contributed by atoms with Crippen molar-refractivity contribution in [3.8, 4) is 0 Å². The molecule has 2 unspecified atom stereocenters. The number of carbonyl (C=O) groups excluding carboxylic acids is 2. The fourth-order valence-corrected chi connectivity index (χ4v) is 2.53. The van der Waals surface area contributed by atoms with Gasteiger partial charge in [0.25, 0.3) is 5.92 Å². The van der Waals surface area contributed by atoms with Crippen molar-refractivity contribution in [3.05, 3.63) is 0 Å². The lowest BCUT2D eigenvalue weighted by molar-refractivity contribution is -0.130. The topological polar surface area (TPSA) is 61.4 Å². The first kappa shape index (κ1) is 14.2. The van der Waals surface area contributed by atoms with Crippen LogP contribution in [0.1, 0.15) is 26.2 Å². The van der Waals surface area contributed by atoms with E-state index in [1.54, 1.807) is 11.8 Å². The van der Waals surface area contributed by atoms with Crippen molar-refractivity contribution in [2.45, 2.75) is 44.2 Å². The van der Waals surface area contributed by atoms with E-state index in [9.17, 15) is 18.4 Å². The number of nitrogens with zero attached hydrogens (tertiary/aromatic N) is 1. The molecule has 5 nitrogen and oxygen atoms in total. The number of rotatable bonds is 3. The van der Waals surface area contributed by atoms with Crippen LogP contribution in [-0.2, 0) is 9.59 Å². The van der Waals surface area contributed by atoms with Crippen molar-refractivity contribution in [1.82, 2.24) is 15.5 Å². The quantitative estimate of drug-likeness (QED) is 0.768. The van der Waals surface area contributed by atoms with E-state index in [1.165, 1.54) is 0 Å². The highest BCUT2D eigenvalue weighted by atomic mass is 19.3. The first-order valence-corrected chi connectivity index (χ1v) is 6.60. The van der Waals surface area contributed by atoms with Crippen LogP contribution >= 0.6 is 0 Å². The van der Waals surface area contributed by atoms with Crippen LogP contribution in [-0.4, -0.2) is 54.4 Å². The van der Waals surface area contributed by atoms with Crippen molar-refractivity contribution in [1.29, 1.82) is 0 Å². The number of halogens is 2. The molecule has 2 amide bonds. The molecule has 19 heavy (non-hydrogen) atoms. The normalized spacial score (nSPS) is 29.5. The van der Waals surface area contributed by atoms with E-state index in [0.29, 0.717) is 25.9 Å². The van der Waals surface area contributed by atoms with Crippen molar-refractivity contribution in [2.24, 2.45) is 0 Å². The predicted molar refractivity (Wildman–Crippen MR) is 64.8 cm³/mol. The number of nitrogens with one attached hydrogen (secondary N) is 2. The molecule has 0 saturated carbocycles. The van der Waals surface area contributed by atoms with Crippen LogP contribution in [0.15, 0.2) is 0 Å². The molecule has 0 aromatic heterocycles. The molecular weight excluding hydrogens is 256 g/mol. The Balaban J connectivity index is 1.80. The highest BCUT2D eigenvalue weighted by Crippen LogP contribution is 2.25. The van der Waals surface area contributed by atoms with E-state index in [0.717, 1.165) is 0 Å². The zero-order chi connectivity index (χ0) is 14.0. The maximum absolute atomic E-state index is 13.0. The van der Waals surface area contributed by atoms with Gasteiger partial charge in [-0.2, -0.15) is 0 Å². The molecule has 2 aliphatic rings. The molecule has 7 heteroatoms. The van der Waals surface area contributed by atoms with Gasteiger partial charge in [-0.25, -0.2) is 8.78 Å². The molecule has 0 spiro atoms. The third kappa shape index (κ3) is 3.40. The molecule has 0 aromatic carbocycles. The standard InChI is InChI=1S/C12H19F2N3O2/c1-2-10(18)17-4-3-8(6-17)16-11(19)9-5-12(13,14)7-15-9/h8-9,15H,2-7H2,1H3,(H,16,19). The summed E-state index contributed by atoms with van der Waals surface area (Å²) in [5.74, 6) is -3.14. The molecule has 2 rings (SSSR count). The Labute approximate surface area is 110 Å². The third-order valence-electron chi connectivity index (χ3n) is 3.62. The van der Waals surface area contributed by atoms with E-state index in [2.05, 4.69) is 10.6 Å². The maximum atomic E-state index is 13.0. The van der Waals surface area contributed by atoms with E-state index in [1.807, 2.05) is 0 Å². The lowest BCUT2D eigenvalue weighted by Crippen LogP contribution is -2.46. The minimum absolute atomic E-state index is 0.0577. The second-order valence-electron chi connectivity index (χ2n) is 5.18. The van der Waals surface area contributed by atoms with Gasteiger partial charge in [-0.3, -0.25) is 14.9 Å². The number of alkyl halides is 2. The average Bonchev–Trinajstić information content (AvgIpc) is 2.94. The van der Waals surface area contributed by atoms with Gasteiger partial charge in [-0.1, -0.05) is 6.92 Å². The molecular formula is C12H19F2N3O2. The zero-order valence-electron chi connectivity index (χ0n) is 10.9. The first-order valence-electron chi connectivity index (χ1n) is 6.60. The van der Waals surface area contributed by atoms with E-state index in [4.69, 9.17) is 0 Å². The van der Waals surface area contributed by atoms with E-state index in [-0.39, 0.29) is 11.9 Å². The average molecular weight is 275 g/mol. The molecule has 2 aliphatic heterocycles. The summed E-state index contributed by atoms with van der Waals surface area (Å²) in [5.41, 5.74) is 0. The Morgan fingerprint density at radius 2 is 2.21 bits per heavy atom. The van der Waals surface area contributed by atoms with Gasteiger partial charge in [-0.05, 0) is 6.42 Å². The molecule has 0 radical (unpaired) electrons. The Morgan fingerprint density at radius 3 is 2.79 bits per heavy atom. The van der Waals surface area contributed by atoms with Gasteiger partial charge >= 0.3 is 0 Å². The summed E-state index contributed by atoms with van der Waals surface area (Å²) in [6.45, 7) is 2.43. The Morgan fingerprint density at radius 1 is 1.47 bits per heavy atom. The summed E-state index contributed by atoms with van der Waals surface area (Å²) in [7, 11) is 0. The largest absolute Gasteiger partial charge is 0.350 e. The van der Waals surface area contributed by atoms with Crippen LogP contribution in [0.4, 0.5) is 8.78 Å². The van der Waals surface area contributed by atoms with Crippen molar-refractivity contribution < 1.29 is 18.4 Å². The number of hydrogen-bond donors (Lipinski definition) is 2. The monoisotopic (exact) mass is 275 g/mol. The van der Waals surface area contributed by atoms with Crippen molar-refractivity contribution >= 4 is 11.8 Å². The molecule has 2 atom stereocenters. The SMILES string of the molecule is CCC(=O)N1CCC(NC(=O)C2CC(F)(F)CN2)C1. The summed E-state index contributed by atoms with van der Waals surface area (Å²) in [6, 6.07) is -0.954. The van der Waals surface area contributed by atoms with Gasteiger partial charge in [0.05, 0.1) is 12.6 Å². The number of amides is 2. The second kappa shape index (κ2) is 5.40. The Bertz CT molecular complexity index is 376. The van der Waals surface area contributed by atoms with Crippen LogP contribution in [0.2, 0.25) is 0 Å². The summed E-state index contributed by atoms with van der Waals surface area (Å²) >= 11 is 0. The Hall–Kier alpha value is -1.24. The summed E-state index contributed by atoms with van der Waals surface area (Å²) in [5, 5.41) is 5.26. The van der Waals surface area contributed by atoms with Crippen LogP contribution in [0.5, 0.6) is 0 Å². The Kier molecular flexibility index (Phi) is 4.03. The molecule has 0 bridgehead atoms. The van der Waals surface area contributed by atoms with Crippen molar-refractivity contribution in [2.75, 3.05) is 19.6 Å². The number of carbonyl (C=O) groups is 2. The highest BCUT2D eigenvalue weighted by molar-refractivity contribution is 5.83. The summed E-state index contributed by atoms with van der Waals surface area (Å²) in [6.07, 6.45) is 0.667. The summed E-state index contributed by atoms with van der Waals surface area (Å²) in [4.78, 5) is 25.0.